The number of carbonyl (C=O) groups is 1. The van der Waals surface area contributed by atoms with Crippen LogP contribution < -0.4 is 4.90 Å². The lowest BCUT2D eigenvalue weighted by molar-refractivity contribution is 0.0459. The fourth-order valence-electron chi connectivity index (χ4n) is 2.39. The quantitative estimate of drug-likeness (QED) is 0.910. The maximum Gasteiger partial charge on any atom is 0.338 e. The van der Waals surface area contributed by atoms with Gasteiger partial charge in [0, 0.05) is 25.4 Å². The molecule has 0 atom stereocenters. The second-order valence-corrected chi connectivity index (χ2v) is 4.61. The lowest BCUT2D eigenvalue weighted by Crippen LogP contribution is -2.37. The molecule has 104 valence electrons. The Balaban J connectivity index is 2.04. The monoisotopic (exact) mass is 267 g/mol. The van der Waals surface area contributed by atoms with E-state index in [0.29, 0.717) is 6.61 Å². The van der Waals surface area contributed by atoms with Gasteiger partial charge in [-0.05, 0) is 38.0 Å². The molecule has 0 saturated carbocycles. The van der Waals surface area contributed by atoms with Crippen molar-refractivity contribution in [1.82, 2.24) is 0 Å². The van der Waals surface area contributed by atoms with Gasteiger partial charge in [-0.1, -0.05) is 0 Å². The summed E-state index contributed by atoms with van der Waals surface area (Å²) >= 11 is 0. The number of ether oxygens (including phenoxy) is 1. The van der Waals surface area contributed by atoms with Crippen LogP contribution in [-0.2, 0) is 4.74 Å². The van der Waals surface area contributed by atoms with Crippen molar-refractivity contribution in [2.24, 2.45) is 0 Å². The molecule has 1 aromatic rings. The highest BCUT2D eigenvalue weighted by atomic mass is 19.1. The summed E-state index contributed by atoms with van der Waals surface area (Å²) in [6.45, 7) is 4.30. The van der Waals surface area contributed by atoms with Gasteiger partial charge in [0.25, 0.3) is 0 Å². The van der Waals surface area contributed by atoms with Crippen molar-refractivity contribution < 1.29 is 19.0 Å². The number of aromatic carboxylic acids is 1. The number of hydrogen-bond acceptors (Lipinski definition) is 3. The number of carboxylic acid groups (broad SMARTS) is 1. The lowest BCUT2D eigenvalue weighted by Gasteiger charge is -2.33. The van der Waals surface area contributed by atoms with Crippen LogP contribution in [0, 0.1) is 5.82 Å². The molecule has 2 rings (SSSR count). The van der Waals surface area contributed by atoms with Crippen LogP contribution in [0.2, 0.25) is 0 Å². The summed E-state index contributed by atoms with van der Waals surface area (Å²) in [5.74, 6) is -1.92. The maximum atomic E-state index is 13.6. The number of rotatable bonds is 4. The van der Waals surface area contributed by atoms with Gasteiger partial charge in [-0.25, -0.2) is 9.18 Å². The molecule has 0 bridgehead atoms. The molecule has 0 spiro atoms. The van der Waals surface area contributed by atoms with Gasteiger partial charge in [-0.2, -0.15) is 0 Å². The second-order valence-electron chi connectivity index (χ2n) is 4.61. The smallest absolute Gasteiger partial charge is 0.338 e. The van der Waals surface area contributed by atoms with Gasteiger partial charge in [-0.15, -0.1) is 0 Å². The minimum Gasteiger partial charge on any atom is -0.478 e. The predicted molar refractivity (Wildman–Crippen MR) is 70.2 cm³/mol. The fraction of sp³-hybridized carbons (Fsp3) is 0.500. The molecular weight excluding hydrogens is 249 g/mol. The fourth-order valence-corrected chi connectivity index (χ4v) is 2.39. The second kappa shape index (κ2) is 6.02. The van der Waals surface area contributed by atoms with Crippen molar-refractivity contribution in [3.8, 4) is 0 Å². The van der Waals surface area contributed by atoms with Crippen molar-refractivity contribution in [2.75, 3.05) is 24.6 Å². The topological polar surface area (TPSA) is 49.8 Å². The van der Waals surface area contributed by atoms with Gasteiger partial charge in [0.05, 0.1) is 11.7 Å². The van der Waals surface area contributed by atoms with Crippen LogP contribution in [-0.4, -0.2) is 36.9 Å². The zero-order valence-corrected chi connectivity index (χ0v) is 10.9. The molecule has 1 N–H and O–H groups in total. The van der Waals surface area contributed by atoms with E-state index in [1.807, 2.05) is 6.92 Å². The van der Waals surface area contributed by atoms with Crippen LogP contribution in [0.1, 0.15) is 30.1 Å². The molecule has 0 radical (unpaired) electrons. The molecule has 1 saturated heterocycles. The van der Waals surface area contributed by atoms with Crippen molar-refractivity contribution in [3.05, 3.63) is 29.6 Å². The van der Waals surface area contributed by atoms with Crippen LogP contribution in [0.25, 0.3) is 0 Å². The van der Waals surface area contributed by atoms with Crippen LogP contribution in [0.4, 0.5) is 10.1 Å². The van der Waals surface area contributed by atoms with Crippen molar-refractivity contribution in [1.29, 1.82) is 0 Å². The highest BCUT2D eigenvalue weighted by Crippen LogP contribution is 2.23. The Bertz CT molecular complexity index is 456. The number of halogens is 1. The van der Waals surface area contributed by atoms with Crippen LogP contribution in [0.3, 0.4) is 0 Å². The number of carboxylic acids is 1. The standard InChI is InChI=1S/C14H18FNO3/c1-2-19-11-5-7-16(8-6-11)10-3-4-12(14(17)18)13(15)9-10/h3-4,9,11H,2,5-8H2,1H3,(H,17,18). The summed E-state index contributed by atoms with van der Waals surface area (Å²) in [6, 6.07) is 4.28. The Morgan fingerprint density at radius 1 is 1.47 bits per heavy atom. The molecule has 1 heterocycles. The molecule has 1 aliphatic rings. The molecule has 0 aromatic heterocycles. The third-order valence-corrected chi connectivity index (χ3v) is 3.39. The van der Waals surface area contributed by atoms with Gasteiger partial charge in [0.15, 0.2) is 0 Å². The molecule has 5 heteroatoms. The van der Waals surface area contributed by atoms with E-state index >= 15 is 0 Å². The van der Waals surface area contributed by atoms with E-state index in [9.17, 15) is 9.18 Å². The van der Waals surface area contributed by atoms with Crippen molar-refractivity contribution in [3.63, 3.8) is 0 Å². The first-order valence-electron chi connectivity index (χ1n) is 6.51. The molecule has 1 aromatic carbocycles. The van der Waals surface area contributed by atoms with E-state index in [1.165, 1.54) is 12.1 Å². The highest BCUT2D eigenvalue weighted by molar-refractivity contribution is 5.88. The summed E-state index contributed by atoms with van der Waals surface area (Å²) in [5.41, 5.74) is 0.449. The Morgan fingerprint density at radius 3 is 2.68 bits per heavy atom. The molecular formula is C14H18FNO3. The van der Waals surface area contributed by atoms with Crippen LogP contribution in [0.5, 0.6) is 0 Å². The first-order chi connectivity index (χ1) is 9.11. The van der Waals surface area contributed by atoms with E-state index in [1.54, 1.807) is 6.07 Å². The summed E-state index contributed by atoms with van der Waals surface area (Å²) in [5, 5.41) is 8.79. The number of piperidine rings is 1. The van der Waals surface area contributed by atoms with Gasteiger partial charge in [-0.3, -0.25) is 0 Å². The van der Waals surface area contributed by atoms with E-state index < -0.39 is 11.8 Å². The van der Waals surface area contributed by atoms with Gasteiger partial charge in [0.2, 0.25) is 0 Å². The minimum atomic E-state index is -1.24. The molecule has 1 aliphatic heterocycles. The zero-order valence-electron chi connectivity index (χ0n) is 10.9. The first-order valence-corrected chi connectivity index (χ1v) is 6.51. The normalized spacial score (nSPS) is 16.6. The minimum absolute atomic E-state index is 0.282. The van der Waals surface area contributed by atoms with E-state index in [2.05, 4.69) is 4.90 Å². The molecule has 4 nitrogen and oxygen atoms in total. The molecule has 1 fully saturated rings. The van der Waals surface area contributed by atoms with E-state index in [-0.39, 0.29) is 11.7 Å². The molecule has 0 unspecified atom stereocenters. The number of benzene rings is 1. The largest absolute Gasteiger partial charge is 0.478 e. The van der Waals surface area contributed by atoms with Crippen molar-refractivity contribution >= 4 is 11.7 Å². The van der Waals surface area contributed by atoms with Gasteiger partial charge in [0.1, 0.15) is 5.82 Å². The Morgan fingerprint density at radius 2 is 2.16 bits per heavy atom. The Kier molecular flexibility index (Phi) is 4.37. The van der Waals surface area contributed by atoms with Crippen molar-refractivity contribution in [2.45, 2.75) is 25.9 Å². The maximum absolute atomic E-state index is 13.6. The number of hydrogen-bond donors (Lipinski definition) is 1. The lowest BCUT2D eigenvalue weighted by atomic mass is 10.1. The Hall–Kier alpha value is -1.62. The number of anilines is 1. The third kappa shape index (κ3) is 3.23. The predicted octanol–water partition coefficient (Wildman–Crippen LogP) is 2.53. The number of nitrogens with zero attached hydrogens (tertiary/aromatic N) is 1. The zero-order chi connectivity index (χ0) is 13.8. The molecule has 19 heavy (non-hydrogen) atoms. The average Bonchev–Trinajstić information content (AvgIpc) is 2.39. The van der Waals surface area contributed by atoms with Crippen LogP contribution >= 0.6 is 0 Å². The van der Waals surface area contributed by atoms with E-state index in [4.69, 9.17) is 9.84 Å². The molecule has 0 aliphatic carbocycles. The summed E-state index contributed by atoms with van der Waals surface area (Å²) in [7, 11) is 0. The Labute approximate surface area is 111 Å². The van der Waals surface area contributed by atoms with E-state index in [0.717, 1.165) is 31.6 Å². The van der Waals surface area contributed by atoms with Gasteiger partial charge < -0.3 is 14.7 Å². The summed E-state index contributed by atoms with van der Waals surface area (Å²) in [6.07, 6.45) is 2.11. The first kappa shape index (κ1) is 13.8. The summed E-state index contributed by atoms with van der Waals surface area (Å²) < 4.78 is 19.2. The molecule has 0 amide bonds. The average molecular weight is 267 g/mol. The summed E-state index contributed by atoms with van der Waals surface area (Å²) in [4.78, 5) is 12.8. The third-order valence-electron chi connectivity index (χ3n) is 3.39. The SMILES string of the molecule is CCOC1CCN(c2ccc(C(=O)O)c(F)c2)CC1. The van der Waals surface area contributed by atoms with Crippen LogP contribution in [0.15, 0.2) is 18.2 Å². The highest BCUT2D eigenvalue weighted by Gasteiger charge is 2.20. The van der Waals surface area contributed by atoms with Gasteiger partial charge >= 0.3 is 5.97 Å².